The van der Waals surface area contributed by atoms with E-state index in [1.165, 1.54) is 11.6 Å². The number of benzene rings is 3. The van der Waals surface area contributed by atoms with Gasteiger partial charge in [0.2, 0.25) is 0 Å². The predicted molar refractivity (Wildman–Crippen MR) is 111 cm³/mol. The Bertz CT molecular complexity index is 954. The molecule has 3 aromatic rings. The molecule has 0 unspecified atom stereocenters. The number of halogens is 1. The molecular weight excluding hydrogens is 420 g/mol. The number of hydrogen-bond donors (Lipinski definition) is 0. The average molecular weight is 439 g/mol. The Balaban J connectivity index is 1.54. The Kier molecular flexibility index (Phi) is 6.98. The lowest BCUT2D eigenvalue weighted by atomic mass is 10.1. The van der Waals surface area contributed by atoms with Crippen LogP contribution in [0, 0.1) is 0 Å². The SMILES string of the molecule is O=C(OCCCc1ccccc1)c1cccc(OC(=O)c2ccccc2Br)c1. The number of carbonyl (C=O) groups is 2. The first-order chi connectivity index (χ1) is 13.6. The van der Waals surface area contributed by atoms with E-state index in [2.05, 4.69) is 15.9 Å². The van der Waals surface area contributed by atoms with Crippen LogP contribution in [0.2, 0.25) is 0 Å². The van der Waals surface area contributed by atoms with E-state index in [9.17, 15) is 9.59 Å². The Morgan fingerprint density at radius 3 is 2.36 bits per heavy atom. The molecule has 28 heavy (non-hydrogen) atoms. The van der Waals surface area contributed by atoms with E-state index in [1.807, 2.05) is 36.4 Å². The summed E-state index contributed by atoms with van der Waals surface area (Å²) >= 11 is 3.33. The van der Waals surface area contributed by atoms with Crippen LogP contribution >= 0.6 is 15.9 Å². The van der Waals surface area contributed by atoms with Crippen LogP contribution < -0.4 is 4.74 Å². The van der Waals surface area contributed by atoms with Crippen molar-refractivity contribution in [3.63, 3.8) is 0 Å². The van der Waals surface area contributed by atoms with Crippen LogP contribution in [0.25, 0.3) is 0 Å². The summed E-state index contributed by atoms with van der Waals surface area (Å²) in [6.07, 6.45) is 1.59. The molecule has 142 valence electrons. The van der Waals surface area contributed by atoms with Crippen molar-refractivity contribution in [3.8, 4) is 5.75 Å². The van der Waals surface area contributed by atoms with Crippen LogP contribution in [-0.4, -0.2) is 18.5 Å². The highest BCUT2D eigenvalue weighted by atomic mass is 79.9. The first kappa shape index (κ1) is 19.8. The normalized spacial score (nSPS) is 10.3. The van der Waals surface area contributed by atoms with Crippen LogP contribution in [0.1, 0.15) is 32.7 Å². The molecule has 4 nitrogen and oxygen atoms in total. The monoisotopic (exact) mass is 438 g/mol. The molecule has 0 aliphatic carbocycles. The molecule has 0 heterocycles. The van der Waals surface area contributed by atoms with Gasteiger partial charge in [0, 0.05) is 4.47 Å². The lowest BCUT2D eigenvalue weighted by molar-refractivity contribution is 0.0498. The number of hydrogen-bond acceptors (Lipinski definition) is 4. The van der Waals surface area contributed by atoms with Gasteiger partial charge in [0.15, 0.2) is 0 Å². The van der Waals surface area contributed by atoms with Gasteiger partial charge in [-0.15, -0.1) is 0 Å². The first-order valence-corrected chi connectivity index (χ1v) is 9.70. The third kappa shape index (κ3) is 5.54. The van der Waals surface area contributed by atoms with Crippen LogP contribution in [-0.2, 0) is 11.2 Å². The van der Waals surface area contributed by atoms with E-state index >= 15 is 0 Å². The Hall–Kier alpha value is -2.92. The summed E-state index contributed by atoms with van der Waals surface area (Å²) in [5.74, 6) is -0.646. The van der Waals surface area contributed by atoms with Crippen molar-refractivity contribution in [2.75, 3.05) is 6.61 Å². The minimum absolute atomic E-state index is 0.291. The second-order valence-corrected chi connectivity index (χ2v) is 6.98. The van der Waals surface area contributed by atoms with Crippen molar-refractivity contribution in [1.82, 2.24) is 0 Å². The fourth-order valence-electron chi connectivity index (χ4n) is 2.64. The molecule has 0 aliphatic rings. The Morgan fingerprint density at radius 1 is 0.821 bits per heavy atom. The third-order valence-corrected chi connectivity index (χ3v) is 4.75. The van der Waals surface area contributed by atoms with Gasteiger partial charge in [0.1, 0.15) is 5.75 Å². The molecular formula is C23H19BrO4. The number of rotatable bonds is 7. The highest BCUT2D eigenvalue weighted by Crippen LogP contribution is 2.20. The van der Waals surface area contributed by atoms with Gasteiger partial charge < -0.3 is 9.47 Å². The molecule has 5 heteroatoms. The summed E-state index contributed by atoms with van der Waals surface area (Å²) < 4.78 is 11.4. The highest BCUT2D eigenvalue weighted by molar-refractivity contribution is 9.10. The summed E-state index contributed by atoms with van der Waals surface area (Å²) in [4.78, 5) is 24.5. The van der Waals surface area contributed by atoms with Gasteiger partial charge in [-0.25, -0.2) is 9.59 Å². The van der Waals surface area contributed by atoms with Gasteiger partial charge in [0.05, 0.1) is 17.7 Å². The number of esters is 2. The number of ether oxygens (including phenoxy) is 2. The van der Waals surface area contributed by atoms with E-state index in [4.69, 9.17) is 9.47 Å². The maximum Gasteiger partial charge on any atom is 0.344 e. The van der Waals surface area contributed by atoms with Gasteiger partial charge >= 0.3 is 11.9 Å². The van der Waals surface area contributed by atoms with Crippen molar-refractivity contribution in [3.05, 3.63) is 100 Å². The minimum atomic E-state index is -0.499. The molecule has 0 radical (unpaired) electrons. The quantitative estimate of drug-likeness (QED) is 0.279. The summed E-state index contributed by atoms with van der Waals surface area (Å²) in [5, 5.41) is 0. The van der Waals surface area contributed by atoms with Gasteiger partial charge in [-0.05, 0) is 64.7 Å². The number of aryl methyl sites for hydroxylation is 1. The summed E-state index contributed by atoms with van der Waals surface area (Å²) in [7, 11) is 0. The molecule has 0 saturated heterocycles. The molecule has 0 spiro atoms. The molecule has 3 aromatic carbocycles. The largest absolute Gasteiger partial charge is 0.462 e. The Labute approximate surface area is 172 Å². The van der Waals surface area contributed by atoms with E-state index < -0.39 is 11.9 Å². The summed E-state index contributed by atoms with van der Waals surface area (Å²) in [5.41, 5.74) is 1.97. The second kappa shape index (κ2) is 9.85. The van der Waals surface area contributed by atoms with Crippen molar-refractivity contribution >= 4 is 27.9 Å². The lowest BCUT2D eigenvalue weighted by Crippen LogP contribution is -2.11. The van der Waals surface area contributed by atoms with Gasteiger partial charge in [0.25, 0.3) is 0 Å². The van der Waals surface area contributed by atoms with Crippen LogP contribution in [0.4, 0.5) is 0 Å². The second-order valence-electron chi connectivity index (χ2n) is 6.12. The van der Waals surface area contributed by atoms with Crippen molar-refractivity contribution < 1.29 is 19.1 Å². The zero-order valence-electron chi connectivity index (χ0n) is 15.1. The topological polar surface area (TPSA) is 52.6 Å². The maximum absolute atomic E-state index is 12.3. The molecule has 0 saturated carbocycles. The molecule has 0 fully saturated rings. The molecule has 3 rings (SSSR count). The molecule has 0 aromatic heterocycles. The van der Waals surface area contributed by atoms with E-state index in [-0.39, 0.29) is 0 Å². The standard InChI is InChI=1S/C23H19BrO4/c24-21-14-5-4-13-20(21)23(26)28-19-12-6-11-18(16-19)22(25)27-15-7-10-17-8-2-1-3-9-17/h1-6,8-9,11-14,16H,7,10,15H2. The van der Waals surface area contributed by atoms with Crippen molar-refractivity contribution in [2.24, 2.45) is 0 Å². The van der Waals surface area contributed by atoms with Crippen LogP contribution in [0.15, 0.2) is 83.3 Å². The maximum atomic E-state index is 12.3. The molecule has 0 N–H and O–H groups in total. The molecule has 0 bridgehead atoms. The summed E-state index contributed by atoms with van der Waals surface area (Å²) in [6.45, 7) is 0.328. The zero-order valence-corrected chi connectivity index (χ0v) is 16.7. The number of carbonyl (C=O) groups excluding carboxylic acids is 2. The molecule has 0 atom stereocenters. The van der Waals surface area contributed by atoms with Gasteiger partial charge in [-0.1, -0.05) is 48.5 Å². The summed E-state index contributed by atoms with van der Waals surface area (Å²) in [6, 6.07) is 23.5. The predicted octanol–water partition coefficient (Wildman–Crippen LogP) is 5.46. The molecule has 0 aliphatic heterocycles. The van der Waals surface area contributed by atoms with Crippen LogP contribution in [0.5, 0.6) is 5.75 Å². The molecule has 0 amide bonds. The van der Waals surface area contributed by atoms with Gasteiger partial charge in [-0.2, -0.15) is 0 Å². The fourth-order valence-corrected chi connectivity index (χ4v) is 3.09. The lowest BCUT2D eigenvalue weighted by Gasteiger charge is -2.08. The fraction of sp³-hybridized carbons (Fsp3) is 0.130. The zero-order chi connectivity index (χ0) is 19.8. The Morgan fingerprint density at radius 2 is 1.57 bits per heavy atom. The van der Waals surface area contributed by atoms with E-state index in [0.717, 1.165) is 12.8 Å². The van der Waals surface area contributed by atoms with Gasteiger partial charge in [-0.3, -0.25) is 0 Å². The van der Waals surface area contributed by atoms with E-state index in [1.54, 1.807) is 36.4 Å². The van der Waals surface area contributed by atoms with E-state index in [0.29, 0.717) is 28.0 Å². The van der Waals surface area contributed by atoms with Crippen molar-refractivity contribution in [1.29, 1.82) is 0 Å². The third-order valence-electron chi connectivity index (χ3n) is 4.06. The highest BCUT2D eigenvalue weighted by Gasteiger charge is 2.14. The first-order valence-electron chi connectivity index (χ1n) is 8.91. The van der Waals surface area contributed by atoms with Crippen LogP contribution in [0.3, 0.4) is 0 Å². The van der Waals surface area contributed by atoms with Crippen molar-refractivity contribution in [2.45, 2.75) is 12.8 Å². The minimum Gasteiger partial charge on any atom is -0.462 e. The average Bonchev–Trinajstić information content (AvgIpc) is 2.72. The smallest absolute Gasteiger partial charge is 0.344 e.